The summed E-state index contributed by atoms with van der Waals surface area (Å²) >= 11 is 0.0632. The molecule has 0 unspecified atom stereocenters. The number of nitrogens with one attached hydrogen (secondary N) is 1. The second kappa shape index (κ2) is 5.39. The first-order valence-corrected chi connectivity index (χ1v) is 8.00. The van der Waals surface area contributed by atoms with Crippen molar-refractivity contribution in [3.05, 3.63) is 18.2 Å². The van der Waals surface area contributed by atoms with Gasteiger partial charge in [0, 0.05) is 0 Å². The van der Waals surface area contributed by atoms with E-state index in [0.29, 0.717) is 0 Å². The maximum atomic E-state index is 4.50. The Morgan fingerprint density at radius 1 is 1.33 bits per heavy atom. The predicted molar refractivity (Wildman–Crippen MR) is 75.2 cm³/mol. The molecule has 1 aromatic carbocycles. The minimum atomic E-state index is 0.0632. The number of hydrogen-bond donors (Lipinski definition) is 1. The number of likely N-dealkylation sites (tertiary alicyclic amines) is 1. The second-order valence-corrected chi connectivity index (χ2v) is 6.17. The van der Waals surface area contributed by atoms with Crippen LogP contribution in [-0.4, -0.2) is 54.5 Å². The van der Waals surface area contributed by atoms with E-state index in [2.05, 4.69) is 37.4 Å². The molecule has 0 radical (unpaired) electrons. The number of fused-ring (bicyclic) bond motifs is 1. The Balaban J connectivity index is 1.64. The summed E-state index contributed by atoms with van der Waals surface area (Å²) < 4.78 is 8.91. The second-order valence-electron chi connectivity index (χ2n) is 5.07. The van der Waals surface area contributed by atoms with Crippen molar-refractivity contribution in [3.8, 4) is 0 Å². The fraction of sp³-hybridized carbons (Fsp3) is 0.538. The molecule has 4 nitrogen and oxygen atoms in total. The fourth-order valence-electron chi connectivity index (χ4n) is 2.47. The summed E-state index contributed by atoms with van der Waals surface area (Å²) in [5.41, 5.74) is 3.29. The summed E-state index contributed by atoms with van der Waals surface area (Å²) in [7, 11) is 2.20. The van der Waals surface area contributed by atoms with Gasteiger partial charge in [-0.25, -0.2) is 0 Å². The number of benzene rings is 1. The van der Waals surface area contributed by atoms with Gasteiger partial charge in [0.05, 0.1) is 0 Å². The third kappa shape index (κ3) is 2.58. The summed E-state index contributed by atoms with van der Waals surface area (Å²) in [5.74, 6) is 0.793. The molecule has 0 aliphatic carbocycles. The Hall–Kier alpha value is -0.901. The number of nitrogens with zero attached hydrogens (tertiary/aromatic N) is 3. The van der Waals surface area contributed by atoms with Crippen LogP contribution in [0.15, 0.2) is 18.2 Å². The van der Waals surface area contributed by atoms with Crippen molar-refractivity contribution < 1.29 is 0 Å². The van der Waals surface area contributed by atoms with Crippen molar-refractivity contribution in [2.45, 2.75) is 12.8 Å². The first-order chi connectivity index (χ1) is 8.83. The fourth-order valence-corrected chi connectivity index (χ4v) is 3.62. The van der Waals surface area contributed by atoms with Crippen LogP contribution in [0.5, 0.6) is 0 Å². The first kappa shape index (κ1) is 12.1. The molecule has 96 valence electrons. The standard InChI is InChI=1S/C13H18N4Se/c1-17-7-5-10(6-8-17)9-14-11-3-2-4-12-13(11)16-18-15-12/h2-4,10,14H,5-9H2,1H3. The van der Waals surface area contributed by atoms with E-state index < -0.39 is 0 Å². The number of rotatable bonds is 3. The van der Waals surface area contributed by atoms with E-state index in [-0.39, 0.29) is 15.0 Å². The summed E-state index contributed by atoms with van der Waals surface area (Å²) in [6.07, 6.45) is 2.59. The van der Waals surface area contributed by atoms with Gasteiger partial charge in [0.2, 0.25) is 0 Å². The van der Waals surface area contributed by atoms with E-state index in [4.69, 9.17) is 0 Å². The Bertz CT molecular complexity index is 516. The van der Waals surface area contributed by atoms with Crippen molar-refractivity contribution in [2.75, 3.05) is 32.0 Å². The van der Waals surface area contributed by atoms with Gasteiger partial charge in [0.1, 0.15) is 0 Å². The molecule has 3 rings (SSSR count). The molecule has 1 N–H and O–H groups in total. The maximum absolute atomic E-state index is 4.50. The van der Waals surface area contributed by atoms with Crippen molar-refractivity contribution in [3.63, 3.8) is 0 Å². The molecule has 1 aliphatic rings. The molecular weight excluding hydrogens is 291 g/mol. The van der Waals surface area contributed by atoms with Crippen molar-refractivity contribution >= 4 is 31.7 Å². The van der Waals surface area contributed by atoms with Crippen LogP contribution < -0.4 is 5.32 Å². The molecule has 1 fully saturated rings. The van der Waals surface area contributed by atoms with Crippen LogP contribution in [0.3, 0.4) is 0 Å². The number of piperidine rings is 1. The molecule has 1 aromatic heterocycles. The van der Waals surface area contributed by atoms with Crippen LogP contribution in [0, 0.1) is 5.92 Å². The van der Waals surface area contributed by atoms with Gasteiger partial charge in [-0.3, -0.25) is 0 Å². The van der Waals surface area contributed by atoms with Crippen LogP contribution in [-0.2, 0) is 0 Å². The monoisotopic (exact) mass is 310 g/mol. The third-order valence-electron chi connectivity index (χ3n) is 3.71. The van der Waals surface area contributed by atoms with Gasteiger partial charge >= 0.3 is 113 Å². The van der Waals surface area contributed by atoms with Gasteiger partial charge < -0.3 is 0 Å². The normalized spacial score (nSPS) is 18.3. The molecule has 2 aromatic rings. The van der Waals surface area contributed by atoms with Gasteiger partial charge in [0.15, 0.2) is 0 Å². The van der Waals surface area contributed by atoms with Gasteiger partial charge in [-0.15, -0.1) is 0 Å². The topological polar surface area (TPSA) is 41.0 Å². The Labute approximate surface area is 114 Å². The van der Waals surface area contributed by atoms with E-state index in [1.807, 2.05) is 6.07 Å². The van der Waals surface area contributed by atoms with Crippen LogP contribution in [0.4, 0.5) is 5.69 Å². The average molecular weight is 309 g/mol. The predicted octanol–water partition coefficient (Wildman–Crippen LogP) is 1.44. The molecule has 18 heavy (non-hydrogen) atoms. The molecular formula is C13H18N4Se. The zero-order valence-electron chi connectivity index (χ0n) is 10.6. The summed E-state index contributed by atoms with van der Waals surface area (Å²) in [6, 6.07) is 6.23. The molecule has 0 amide bonds. The van der Waals surface area contributed by atoms with Crippen molar-refractivity contribution in [1.29, 1.82) is 0 Å². The van der Waals surface area contributed by atoms with Gasteiger partial charge in [-0.05, 0) is 0 Å². The Kier molecular flexibility index (Phi) is 3.64. The Morgan fingerprint density at radius 3 is 3.00 bits per heavy atom. The molecule has 1 saturated heterocycles. The van der Waals surface area contributed by atoms with E-state index >= 15 is 0 Å². The van der Waals surface area contributed by atoms with Crippen molar-refractivity contribution in [2.24, 2.45) is 5.92 Å². The number of aromatic nitrogens is 2. The quantitative estimate of drug-likeness (QED) is 0.871. The average Bonchev–Trinajstić information content (AvgIpc) is 2.87. The number of anilines is 1. The number of hydrogen-bond acceptors (Lipinski definition) is 4. The summed E-state index contributed by atoms with van der Waals surface area (Å²) in [6.45, 7) is 3.51. The molecule has 5 heteroatoms. The van der Waals surface area contributed by atoms with Gasteiger partial charge in [0.25, 0.3) is 0 Å². The molecule has 0 spiro atoms. The molecule has 0 atom stereocenters. The van der Waals surface area contributed by atoms with Crippen LogP contribution in [0.2, 0.25) is 0 Å². The SMILES string of the molecule is CN1CCC(CNc2cccc3n[se]nc23)CC1. The van der Waals surface area contributed by atoms with Crippen LogP contribution in [0.25, 0.3) is 11.0 Å². The van der Waals surface area contributed by atoms with E-state index in [9.17, 15) is 0 Å². The van der Waals surface area contributed by atoms with E-state index in [1.54, 1.807) is 0 Å². The first-order valence-electron chi connectivity index (χ1n) is 6.46. The van der Waals surface area contributed by atoms with Gasteiger partial charge in [-0.2, -0.15) is 0 Å². The van der Waals surface area contributed by atoms with Crippen LogP contribution in [0.1, 0.15) is 12.8 Å². The van der Waals surface area contributed by atoms with Gasteiger partial charge in [-0.1, -0.05) is 0 Å². The summed E-state index contributed by atoms with van der Waals surface area (Å²) in [5, 5.41) is 3.57. The zero-order chi connectivity index (χ0) is 12.4. The van der Waals surface area contributed by atoms with E-state index in [1.165, 1.54) is 25.9 Å². The molecule has 1 aliphatic heterocycles. The molecule has 0 bridgehead atoms. The molecule has 0 saturated carbocycles. The Morgan fingerprint density at radius 2 is 2.17 bits per heavy atom. The van der Waals surface area contributed by atoms with Crippen LogP contribution >= 0.6 is 0 Å². The third-order valence-corrected chi connectivity index (χ3v) is 4.84. The zero-order valence-corrected chi connectivity index (χ0v) is 12.3. The minimum absolute atomic E-state index is 0.0632. The van der Waals surface area contributed by atoms with Crippen molar-refractivity contribution in [1.82, 2.24) is 12.9 Å². The van der Waals surface area contributed by atoms with E-state index in [0.717, 1.165) is 29.2 Å². The summed E-state index contributed by atoms with van der Waals surface area (Å²) in [4.78, 5) is 2.41. The molecule has 2 heterocycles.